The molecule has 0 radical (unpaired) electrons. The number of ether oxygens (including phenoxy) is 1. The van der Waals surface area contributed by atoms with Crippen molar-refractivity contribution >= 4 is 11.6 Å². The van der Waals surface area contributed by atoms with Crippen LogP contribution in [-0.2, 0) is 4.79 Å². The van der Waals surface area contributed by atoms with E-state index in [9.17, 15) is 18.0 Å². The number of fused-ring (bicyclic) bond motifs is 1. The molecule has 1 aliphatic heterocycles. The topological polar surface area (TPSA) is 41.6 Å². The lowest BCUT2D eigenvalue weighted by Crippen LogP contribution is -2.32. The van der Waals surface area contributed by atoms with Gasteiger partial charge in [0.15, 0.2) is 0 Å². The van der Waals surface area contributed by atoms with Gasteiger partial charge in [0.05, 0.1) is 6.54 Å². The molecule has 2 atom stereocenters. The van der Waals surface area contributed by atoms with Crippen LogP contribution in [0.3, 0.4) is 0 Å². The summed E-state index contributed by atoms with van der Waals surface area (Å²) in [5, 5.41) is 2.71. The Balaban J connectivity index is 1.48. The summed E-state index contributed by atoms with van der Waals surface area (Å²) in [5.41, 5.74) is 0.462. The Hall–Kier alpha value is -1.76. The number of amides is 1. The molecule has 1 aromatic carbocycles. The number of hydrogen-bond acceptors (Lipinski definition) is 3. The third kappa shape index (κ3) is 4.37. The molecule has 1 saturated carbocycles. The fourth-order valence-electron chi connectivity index (χ4n) is 3.60. The maximum atomic E-state index is 12.1. The second-order valence-electron chi connectivity index (χ2n) is 6.27. The van der Waals surface area contributed by atoms with Crippen LogP contribution in [0.2, 0.25) is 0 Å². The Kier molecular flexibility index (Phi) is 4.48. The Morgan fingerprint density at radius 3 is 2.35 bits per heavy atom. The first-order chi connectivity index (χ1) is 10.9. The second-order valence-corrected chi connectivity index (χ2v) is 6.27. The van der Waals surface area contributed by atoms with E-state index in [2.05, 4.69) is 15.0 Å². The van der Waals surface area contributed by atoms with E-state index in [1.165, 1.54) is 43.5 Å². The third-order valence-electron chi connectivity index (χ3n) is 4.54. The van der Waals surface area contributed by atoms with Crippen LogP contribution in [0.4, 0.5) is 18.9 Å². The Bertz CT molecular complexity index is 547. The minimum absolute atomic E-state index is 0.144. The number of carbonyl (C=O) groups is 1. The summed E-state index contributed by atoms with van der Waals surface area (Å²) >= 11 is 0. The molecule has 1 saturated heterocycles. The van der Waals surface area contributed by atoms with E-state index in [0.29, 0.717) is 12.2 Å². The average molecular weight is 328 g/mol. The summed E-state index contributed by atoms with van der Waals surface area (Å²) in [7, 11) is 0. The molecule has 1 aliphatic carbocycles. The standard InChI is InChI=1S/C16H19F3N2O2/c17-16(18,19)23-14-6-4-13(5-7-14)20-15(22)10-21-8-11-2-1-3-12(11)9-21/h4-7,11-12H,1-3,8-10H2,(H,20,22). The predicted molar refractivity (Wildman–Crippen MR) is 79.0 cm³/mol. The highest BCUT2D eigenvalue weighted by molar-refractivity contribution is 5.92. The van der Waals surface area contributed by atoms with Crippen molar-refractivity contribution in [1.82, 2.24) is 4.90 Å². The number of anilines is 1. The quantitative estimate of drug-likeness (QED) is 0.922. The maximum absolute atomic E-state index is 12.1. The minimum Gasteiger partial charge on any atom is -0.406 e. The molecule has 3 rings (SSSR count). The molecule has 1 aromatic rings. The molecule has 0 spiro atoms. The number of halogens is 3. The third-order valence-corrected chi connectivity index (χ3v) is 4.54. The van der Waals surface area contributed by atoms with Crippen LogP contribution in [0, 0.1) is 11.8 Å². The number of likely N-dealkylation sites (tertiary alicyclic amines) is 1. The number of carbonyl (C=O) groups excluding carboxylic acids is 1. The van der Waals surface area contributed by atoms with Gasteiger partial charge in [-0.2, -0.15) is 0 Å². The van der Waals surface area contributed by atoms with Gasteiger partial charge in [0, 0.05) is 18.8 Å². The van der Waals surface area contributed by atoms with Crippen molar-refractivity contribution in [2.45, 2.75) is 25.6 Å². The van der Waals surface area contributed by atoms with Crippen molar-refractivity contribution in [2.75, 3.05) is 25.0 Å². The van der Waals surface area contributed by atoms with Gasteiger partial charge in [0.25, 0.3) is 0 Å². The average Bonchev–Trinajstić information content (AvgIpc) is 3.00. The Labute approximate surface area is 132 Å². The fourth-order valence-corrected chi connectivity index (χ4v) is 3.60. The number of rotatable bonds is 4. The number of nitrogens with one attached hydrogen (secondary N) is 1. The molecule has 0 aromatic heterocycles. The molecule has 7 heteroatoms. The smallest absolute Gasteiger partial charge is 0.406 e. The highest BCUT2D eigenvalue weighted by Gasteiger charge is 2.36. The van der Waals surface area contributed by atoms with E-state index in [1.807, 2.05) is 0 Å². The fraction of sp³-hybridized carbons (Fsp3) is 0.562. The van der Waals surface area contributed by atoms with Crippen LogP contribution >= 0.6 is 0 Å². The number of alkyl halides is 3. The van der Waals surface area contributed by atoms with Crippen molar-refractivity contribution in [3.63, 3.8) is 0 Å². The van der Waals surface area contributed by atoms with Gasteiger partial charge < -0.3 is 10.1 Å². The second kappa shape index (κ2) is 6.39. The molecule has 4 nitrogen and oxygen atoms in total. The monoisotopic (exact) mass is 328 g/mol. The first kappa shape index (κ1) is 16.1. The van der Waals surface area contributed by atoms with Gasteiger partial charge in [-0.15, -0.1) is 13.2 Å². The molecule has 126 valence electrons. The molecule has 1 amide bonds. The lowest BCUT2D eigenvalue weighted by atomic mass is 10.0. The summed E-state index contributed by atoms with van der Waals surface area (Å²) in [6.45, 7) is 2.26. The number of nitrogens with zero attached hydrogens (tertiary/aromatic N) is 1. The molecule has 23 heavy (non-hydrogen) atoms. The lowest BCUT2D eigenvalue weighted by molar-refractivity contribution is -0.274. The number of benzene rings is 1. The molecule has 0 bridgehead atoms. The highest BCUT2D eigenvalue weighted by atomic mass is 19.4. The Morgan fingerprint density at radius 2 is 1.78 bits per heavy atom. The minimum atomic E-state index is -4.71. The number of hydrogen-bond donors (Lipinski definition) is 1. The van der Waals surface area contributed by atoms with E-state index in [-0.39, 0.29) is 11.7 Å². The van der Waals surface area contributed by atoms with Gasteiger partial charge >= 0.3 is 6.36 Å². The van der Waals surface area contributed by atoms with Crippen LogP contribution < -0.4 is 10.1 Å². The summed E-state index contributed by atoms with van der Waals surface area (Å²) in [5.74, 6) is 1.00. The van der Waals surface area contributed by atoms with Crippen LogP contribution in [0.25, 0.3) is 0 Å². The van der Waals surface area contributed by atoms with Crippen LogP contribution in [0.15, 0.2) is 24.3 Å². The van der Waals surface area contributed by atoms with E-state index < -0.39 is 6.36 Å². The van der Waals surface area contributed by atoms with Crippen molar-refractivity contribution in [3.8, 4) is 5.75 Å². The van der Waals surface area contributed by atoms with Crippen molar-refractivity contribution in [2.24, 2.45) is 11.8 Å². The molecule has 2 unspecified atom stereocenters. The first-order valence-electron chi connectivity index (χ1n) is 7.77. The van der Waals surface area contributed by atoms with E-state index in [0.717, 1.165) is 24.9 Å². The van der Waals surface area contributed by atoms with Gasteiger partial charge in [0.2, 0.25) is 5.91 Å². The van der Waals surface area contributed by atoms with Crippen LogP contribution in [0.5, 0.6) is 5.75 Å². The normalized spacial score (nSPS) is 24.5. The van der Waals surface area contributed by atoms with Crippen LogP contribution in [0.1, 0.15) is 19.3 Å². The first-order valence-corrected chi connectivity index (χ1v) is 7.77. The van der Waals surface area contributed by atoms with Crippen molar-refractivity contribution < 1.29 is 22.7 Å². The largest absolute Gasteiger partial charge is 0.573 e. The predicted octanol–water partition coefficient (Wildman–Crippen LogP) is 3.26. The summed E-state index contributed by atoms with van der Waals surface area (Å²) < 4.78 is 40.0. The molecule has 2 aliphatic rings. The van der Waals surface area contributed by atoms with Gasteiger partial charge in [-0.25, -0.2) is 0 Å². The molecule has 1 N–H and O–H groups in total. The molecular weight excluding hydrogens is 309 g/mol. The highest BCUT2D eigenvalue weighted by Crippen LogP contribution is 2.37. The zero-order valence-corrected chi connectivity index (χ0v) is 12.6. The molecular formula is C16H19F3N2O2. The van der Waals surface area contributed by atoms with Gasteiger partial charge in [0.1, 0.15) is 5.75 Å². The summed E-state index contributed by atoms with van der Waals surface area (Å²) in [6, 6.07) is 5.17. The SMILES string of the molecule is O=C(CN1CC2CCCC2C1)Nc1ccc(OC(F)(F)F)cc1. The van der Waals surface area contributed by atoms with Crippen molar-refractivity contribution in [3.05, 3.63) is 24.3 Å². The summed E-state index contributed by atoms with van der Waals surface area (Å²) in [6.07, 6.45) is -0.910. The lowest BCUT2D eigenvalue weighted by Gasteiger charge is -2.16. The maximum Gasteiger partial charge on any atom is 0.573 e. The van der Waals surface area contributed by atoms with E-state index >= 15 is 0 Å². The van der Waals surface area contributed by atoms with Gasteiger partial charge in [-0.3, -0.25) is 9.69 Å². The molecule has 1 heterocycles. The van der Waals surface area contributed by atoms with Crippen LogP contribution in [-0.4, -0.2) is 36.8 Å². The Morgan fingerprint density at radius 1 is 1.17 bits per heavy atom. The van der Waals surface area contributed by atoms with Crippen molar-refractivity contribution in [1.29, 1.82) is 0 Å². The zero-order valence-electron chi connectivity index (χ0n) is 12.6. The van der Waals surface area contributed by atoms with Gasteiger partial charge in [-0.1, -0.05) is 6.42 Å². The summed E-state index contributed by atoms with van der Waals surface area (Å²) in [4.78, 5) is 14.2. The van der Waals surface area contributed by atoms with E-state index in [4.69, 9.17) is 0 Å². The zero-order chi connectivity index (χ0) is 16.4. The molecule has 2 fully saturated rings. The van der Waals surface area contributed by atoms with E-state index in [1.54, 1.807) is 0 Å². The van der Waals surface area contributed by atoms with Gasteiger partial charge in [-0.05, 0) is 48.9 Å².